The molecule has 1 aliphatic heterocycles. The molecule has 0 radical (unpaired) electrons. The van der Waals surface area contributed by atoms with Gasteiger partial charge in [0.1, 0.15) is 0 Å². The molecule has 2 heterocycles. The first-order valence-corrected chi connectivity index (χ1v) is 9.96. The zero-order valence-electron chi connectivity index (χ0n) is 15.7. The van der Waals surface area contributed by atoms with Crippen LogP contribution in [-0.2, 0) is 16.1 Å². The summed E-state index contributed by atoms with van der Waals surface area (Å²) in [6.45, 7) is -0.0204. The lowest BCUT2D eigenvalue weighted by Crippen LogP contribution is -2.29. The number of nitrogens with zero attached hydrogens (tertiary/aromatic N) is 1. The van der Waals surface area contributed by atoms with Crippen LogP contribution < -0.4 is 10.2 Å². The van der Waals surface area contributed by atoms with Gasteiger partial charge in [-0.25, -0.2) is 9.69 Å². The zero-order valence-corrected chi connectivity index (χ0v) is 16.5. The Morgan fingerprint density at radius 2 is 1.57 bits per heavy atom. The summed E-state index contributed by atoms with van der Waals surface area (Å²) in [5.74, 6) is -1.89. The number of amides is 3. The molecule has 150 valence electrons. The molecular weight excluding hydrogens is 404 g/mol. The summed E-state index contributed by atoms with van der Waals surface area (Å²) < 4.78 is 5.02. The van der Waals surface area contributed by atoms with Gasteiger partial charge in [0.15, 0.2) is 6.61 Å². The molecule has 0 bridgehead atoms. The molecule has 0 fully saturated rings. The smallest absolute Gasteiger partial charge is 0.338 e. The Morgan fingerprint density at radius 3 is 2.17 bits per heavy atom. The summed E-state index contributed by atoms with van der Waals surface area (Å²) >= 11 is 1.52. The second-order valence-electron chi connectivity index (χ2n) is 6.47. The third-order valence-electron chi connectivity index (χ3n) is 4.53. The number of esters is 1. The van der Waals surface area contributed by atoms with Gasteiger partial charge >= 0.3 is 5.97 Å². The summed E-state index contributed by atoms with van der Waals surface area (Å²) in [7, 11) is 0. The first-order chi connectivity index (χ1) is 14.5. The van der Waals surface area contributed by atoms with Crippen LogP contribution in [0.3, 0.4) is 0 Å². The Morgan fingerprint density at radius 1 is 0.900 bits per heavy atom. The van der Waals surface area contributed by atoms with Crippen LogP contribution in [0, 0.1) is 0 Å². The number of rotatable bonds is 6. The molecule has 3 amide bonds. The Balaban J connectivity index is 1.35. The van der Waals surface area contributed by atoms with Crippen LogP contribution in [0.4, 0.5) is 5.69 Å². The first kappa shape index (κ1) is 19.5. The highest BCUT2D eigenvalue weighted by Crippen LogP contribution is 2.28. The molecule has 30 heavy (non-hydrogen) atoms. The van der Waals surface area contributed by atoms with Crippen LogP contribution in [0.25, 0.3) is 0 Å². The molecule has 0 unspecified atom stereocenters. The molecule has 1 aliphatic rings. The Kier molecular flexibility index (Phi) is 5.40. The lowest BCUT2D eigenvalue weighted by molar-refractivity contribution is -0.124. The Bertz CT molecular complexity index is 1090. The molecule has 8 heteroatoms. The van der Waals surface area contributed by atoms with Crippen LogP contribution in [0.1, 0.15) is 36.0 Å². The molecule has 1 aromatic heterocycles. The third-order valence-corrected chi connectivity index (χ3v) is 5.41. The van der Waals surface area contributed by atoms with E-state index < -0.39 is 30.3 Å². The van der Waals surface area contributed by atoms with Gasteiger partial charge in [0.25, 0.3) is 17.7 Å². The number of benzene rings is 2. The number of nitrogens with one attached hydrogen (secondary N) is 1. The fourth-order valence-electron chi connectivity index (χ4n) is 3.03. The molecule has 0 saturated carbocycles. The summed E-state index contributed by atoms with van der Waals surface area (Å²) in [6, 6.07) is 16.3. The number of hydrogen-bond donors (Lipinski definition) is 1. The molecular formula is C22H16N2O5S. The Hall–Kier alpha value is -3.78. The number of carbonyl (C=O) groups excluding carboxylic acids is 4. The van der Waals surface area contributed by atoms with Gasteiger partial charge in [-0.15, -0.1) is 11.3 Å². The van der Waals surface area contributed by atoms with Gasteiger partial charge < -0.3 is 10.1 Å². The molecule has 0 saturated heterocycles. The summed E-state index contributed by atoms with van der Waals surface area (Å²) in [6.07, 6.45) is 0. The maximum Gasteiger partial charge on any atom is 0.338 e. The normalized spacial score (nSPS) is 12.6. The molecule has 0 spiro atoms. The number of hydrogen-bond acceptors (Lipinski definition) is 6. The van der Waals surface area contributed by atoms with E-state index in [-0.39, 0.29) is 5.56 Å². The summed E-state index contributed by atoms with van der Waals surface area (Å²) in [5, 5.41) is 4.58. The molecule has 1 N–H and O–H groups in total. The van der Waals surface area contributed by atoms with E-state index in [0.29, 0.717) is 23.4 Å². The minimum absolute atomic E-state index is 0.210. The SMILES string of the molecule is O=C(COC(=O)c1ccc(N2C(=O)c3ccccc3C2=O)cc1)NCc1cccs1. The monoisotopic (exact) mass is 420 g/mol. The van der Waals surface area contributed by atoms with Gasteiger partial charge in [-0.2, -0.15) is 0 Å². The van der Waals surface area contributed by atoms with Gasteiger partial charge in [0, 0.05) is 4.88 Å². The van der Waals surface area contributed by atoms with E-state index >= 15 is 0 Å². The van der Waals surface area contributed by atoms with E-state index in [1.165, 1.54) is 35.6 Å². The van der Waals surface area contributed by atoms with Crippen molar-refractivity contribution < 1.29 is 23.9 Å². The van der Waals surface area contributed by atoms with Gasteiger partial charge in [-0.1, -0.05) is 18.2 Å². The molecule has 0 aliphatic carbocycles. The fourth-order valence-corrected chi connectivity index (χ4v) is 3.68. The van der Waals surface area contributed by atoms with Crippen molar-refractivity contribution in [3.63, 3.8) is 0 Å². The summed E-state index contributed by atoms with van der Waals surface area (Å²) in [4.78, 5) is 51.1. The van der Waals surface area contributed by atoms with Crippen molar-refractivity contribution in [3.05, 3.63) is 87.6 Å². The molecule has 4 rings (SSSR count). The van der Waals surface area contributed by atoms with Gasteiger partial charge in [-0.05, 0) is 47.8 Å². The summed E-state index contributed by atoms with van der Waals surface area (Å²) in [5.41, 5.74) is 1.26. The van der Waals surface area contributed by atoms with Crippen LogP contribution in [0.2, 0.25) is 0 Å². The predicted molar refractivity (Wildman–Crippen MR) is 110 cm³/mol. The van der Waals surface area contributed by atoms with Crippen molar-refractivity contribution in [3.8, 4) is 0 Å². The first-order valence-electron chi connectivity index (χ1n) is 9.08. The van der Waals surface area contributed by atoms with E-state index in [4.69, 9.17) is 4.74 Å². The largest absolute Gasteiger partial charge is 0.452 e. The topological polar surface area (TPSA) is 92.8 Å². The maximum absolute atomic E-state index is 12.5. The van der Waals surface area contributed by atoms with Gasteiger partial charge in [0.05, 0.1) is 28.9 Å². The zero-order chi connectivity index (χ0) is 21.1. The highest BCUT2D eigenvalue weighted by atomic mass is 32.1. The Labute approximate surface area is 175 Å². The van der Waals surface area contributed by atoms with Crippen molar-refractivity contribution in [1.29, 1.82) is 0 Å². The average molecular weight is 420 g/mol. The second-order valence-corrected chi connectivity index (χ2v) is 7.50. The van der Waals surface area contributed by atoms with Crippen LogP contribution in [0.5, 0.6) is 0 Å². The lowest BCUT2D eigenvalue weighted by Gasteiger charge is -2.14. The minimum atomic E-state index is -0.671. The highest BCUT2D eigenvalue weighted by molar-refractivity contribution is 7.09. The number of ether oxygens (including phenoxy) is 1. The third kappa shape index (κ3) is 3.85. The van der Waals surface area contributed by atoms with E-state index in [1.54, 1.807) is 24.3 Å². The van der Waals surface area contributed by atoms with E-state index in [1.807, 2.05) is 17.5 Å². The fraction of sp³-hybridized carbons (Fsp3) is 0.0909. The molecule has 0 atom stereocenters. The second kappa shape index (κ2) is 8.30. The molecule has 2 aromatic carbocycles. The average Bonchev–Trinajstić information content (AvgIpc) is 3.38. The van der Waals surface area contributed by atoms with Crippen LogP contribution in [-0.4, -0.2) is 30.3 Å². The van der Waals surface area contributed by atoms with E-state index in [2.05, 4.69) is 5.32 Å². The van der Waals surface area contributed by atoms with Crippen LogP contribution in [0.15, 0.2) is 66.0 Å². The predicted octanol–water partition coefficient (Wildman–Crippen LogP) is 3.02. The van der Waals surface area contributed by atoms with Crippen LogP contribution >= 0.6 is 11.3 Å². The van der Waals surface area contributed by atoms with Crippen molar-refractivity contribution >= 4 is 40.7 Å². The quantitative estimate of drug-likeness (QED) is 0.489. The maximum atomic E-state index is 12.5. The van der Waals surface area contributed by atoms with Crippen molar-refractivity contribution in [2.45, 2.75) is 6.54 Å². The van der Waals surface area contributed by atoms with Gasteiger partial charge in [0.2, 0.25) is 0 Å². The lowest BCUT2D eigenvalue weighted by atomic mass is 10.1. The van der Waals surface area contributed by atoms with Crippen molar-refractivity contribution in [1.82, 2.24) is 5.32 Å². The standard InChI is InChI=1S/C22H16N2O5S/c25-19(23-12-16-4-3-11-30-16)13-29-22(28)14-7-9-15(10-8-14)24-20(26)17-5-1-2-6-18(17)21(24)27/h1-11H,12-13H2,(H,23,25). The van der Waals surface area contributed by atoms with Crippen molar-refractivity contribution in [2.24, 2.45) is 0 Å². The number of carbonyl (C=O) groups is 4. The highest BCUT2D eigenvalue weighted by Gasteiger charge is 2.36. The minimum Gasteiger partial charge on any atom is -0.452 e. The molecule has 3 aromatic rings. The van der Waals surface area contributed by atoms with E-state index in [9.17, 15) is 19.2 Å². The van der Waals surface area contributed by atoms with E-state index in [0.717, 1.165) is 9.78 Å². The van der Waals surface area contributed by atoms with Crippen molar-refractivity contribution in [2.75, 3.05) is 11.5 Å². The number of fused-ring (bicyclic) bond motifs is 1. The van der Waals surface area contributed by atoms with Gasteiger partial charge in [-0.3, -0.25) is 14.4 Å². The molecule has 7 nitrogen and oxygen atoms in total. The number of thiophene rings is 1. The number of imide groups is 1. The number of anilines is 1.